The first-order valence-corrected chi connectivity index (χ1v) is 7.61. The van der Waals surface area contributed by atoms with Gasteiger partial charge in [-0.2, -0.15) is 16.9 Å². The van der Waals surface area contributed by atoms with E-state index in [1.165, 1.54) is 6.42 Å². The van der Waals surface area contributed by atoms with Crippen LogP contribution in [-0.4, -0.2) is 25.4 Å². The number of aliphatic hydroxyl groups excluding tert-OH is 1. The number of nitrogens with zero attached hydrogens (tertiary/aromatic N) is 2. The van der Waals surface area contributed by atoms with E-state index in [0.717, 1.165) is 23.6 Å². The van der Waals surface area contributed by atoms with Crippen molar-refractivity contribution in [1.82, 2.24) is 9.78 Å². The van der Waals surface area contributed by atoms with E-state index in [1.54, 1.807) is 6.20 Å². The van der Waals surface area contributed by atoms with Gasteiger partial charge in [-0.25, -0.2) is 4.68 Å². The predicted octanol–water partition coefficient (Wildman–Crippen LogP) is 3.19. The van der Waals surface area contributed by atoms with Crippen molar-refractivity contribution in [2.45, 2.75) is 30.6 Å². The third-order valence-corrected chi connectivity index (χ3v) is 5.36. The van der Waals surface area contributed by atoms with E-state index >= 15 is 0 Å². The van der Waals surface area contributed by atoms with Crippen molar-refractivity contribution in [1.29, 1.82) is 0 Å². The predicted molar refractivity (Wildman–Crippen MR) is 78.6 cm³/mol. The highest BCUT2D eigenvalue weighted by molar-refractivity contribution is 8.00. The largest absolute Gasteiger partial charge is 0.385 e. The van der Waals surface area contributed by atoms with Crippen LogP contribution in [0.5, 0.6) is 0 Å². The van der Waals surface area contributed by atoms with Crippen LogP contribution in [0.1, 0.15) is 31.6 Å². The highest BCUT2D eigenvalue weighted by Crippen LogP contribution is 2.46. The van der Waals surface area contributed by atoms with E-state index in [4.69, 9.17) is 0 Å². The molecule has 2 unspecified atom stereocenters. The Bertz CT molecular complexity index is 546. The van der Waals surface area contributed by atoms with Crippen LogP contribution in [0.15, 0.2) is 42.6 Å². The van der Waals surface area contributed by atoms with Crippen LogP contribution in [0.25, 0.3) is 5.69 Å². The summed E-state index contributed by atoms with van der Waals surface area (Å²) in [5, 5.41) is 15.1. The van der Waals surface area contributed by atoms with Gasteiger partial charge in [0.2, 0.25) is 0 Å². The monoisotopic (exact) mass is 274 g/mol. The molecule has 2 aromatic rings. The van der Waals surface area contributed by atoms with Crippen LogP contribution < -0.4 is 0 Å². The van der Waals surface area contributed by atoms with Gasteiger partial charge in [-0.1, -0.05) is 18.2 Å². The Balaban J connectivity index is 1.96. The summed E-state index contributed by atoms with van der Waals surface area (Å²) in [5.41, 5.74) is 1.87. The topological polar surface area (TPSA) is 38.1 Å². The molecule has 1 aliphatic rings. The van der Waals surface area contributed by atoms with E-state index in [0.29, 0.717) is 0 Å². The summed E-state index contributed by atoms with van der Waals surface area (Å²) in [6, 6.07) is 11.9. The molecular formula is C15H18N2OS. The molecule has 4 heteroatoms. The Morgan fingerprint density at radius 1 is 1.32 bits per heavy atom. The van der Waals surface area contributed by atoms with Crippen LogP contribution in [0.2, 0.25) is 0 Å². The molecule has 1 aromatic carbocycles. The first-order chi connectivity index (χ1) is 9.21. The highest BCUT2D eigenvalue weighted by Gasteiger charge is 2.39. The van der Waals surface area contributed by atoms with E-state index in [2.05, 4.69) is 12.0 Å². The van der Waals surface area contributed by atoms with Gasteiger partial charge in [-0.05, 0) is 43.7 Å². The number of hydrogen-bond donors (Lipinski definition) is 1. The number of para-hydroxylation sites is 1. The molecule has 3 rings (SSSR count). The average molecular weight is 274 g/mol. The molecule has 1 aliphatic heterocycles. The third kappa shape index (κ3) is 2.30. The van der Waals surface area contributed by atoms with Crippen LogP contribution in [0.4, 0.5) is 0 Å². The van der Waals surface area contributed by atoms with Crippen molar-refractivity contribution in [3.05, 3.63) is 48.3 Å². The maximum absolute atomic E-state index is 10.7. The second kappa shape index (κ2) is 5.02. The van der Waals surface area contributed by atoms with Crippen LogP contribution in [-0.2, 0) is 0 Å². The summed E-state index contributed by atoms with van der Waals surface area (Å²) in [6.45, 7) is 2.15. The number of aromatic nitrogens is 2. The molecule has 0 amide bonds. The van der Waals surface area contributed by atoms with Crippen molar-refractivity contribution in [3.63, 3.8) is 0 Å². The lowest BCUT2D eigenvalue weighted by molar-refractivity contribution is 0.128. The van der Waals surface area contributed by atoms with Crippen LogP contribution in [0, 0.1) is 0 Å². The molecule has 0 spiro atoms. The lowest BCUT2D eigenvalue weighted by Crippen LogP contribution is -2.28. The molecule has 1 N–H and O–H groups in total. The minimum Gasteiger partial charge on any atom is -0.385 e. The van der Waals surface area contributed by atoms with Gasteiger partial charge in [-0.15, -0.1) is 0 Å². The summed E-state index contributed by atoms with van der Waals surface area (Å²) >= 11 is 1.86. The Kier molecular flexibility index (Phi) is 3.37. The molecule has 3 nitrogen and oxygen atoms in total. The summed E-state index contributed by atoms with van der Waals surface area (Å²) in [5.74, 6) is 1.13. The van der Waals surface area contributed by atoms with Gasteiger partial charge in [-0.3, -0.25) is 0 Å². The van der Waals surface area contributed by atoms with Gasteiger partial charge in [0, 0.05) is 10.9 Å². The van der Waals surface area contributed by atoms with Crippen molar-refractivity contribution in [2.75, 3.05) is 5.75 Å². The molecule has 1 saturated heterocycles. The smallest absolute Gasteiger partial charge is 0.110 e. The normalized spacial score (nSPS) is 24.5. The molecule has 2 heterocycles. The lowest BCUT2D eigenvalue weighted by atomic mass is 9.96. The van der Waals surface area contributed by atoms with Crippen LogP contribution in [0.3, 0.4) is 0 Å². The van der Waals surface area contributed by atoms with Crippen molar-refractivity contribution in [3.8, 4) is 5.69 Å². The number of rotatable bonds is 3. The maximum atomic E-state index is 10.7. The summed E-state index contributed by atoms with van der Waals surface area (Å²) in [4.78, 5) is 0. The minimum atomic E-state index is -0.484. The Morgan fingerprint density at radius 3 is 2.79 bits per heavy atom. The second-order valence-corrected chi connectivity index (χ2v) is 6.80. The SMILES string of the molecule is CC1(C(O)c2ccnn2-c2ccccc2)CCCS1. The zero-order valence-electron chi connectivity index (χ0n) is 11.0. The average Bonchev–Trinajstić information content (AvgIpc) is 3.08. The first-order valence-electron chi connectivity index (χ1n) is 6.62. The van der Waals surface area contributed by atoms with Crippen molar-refractivity contribution < 1.29 is 5.11 Å². The summed E-state index contributed by atoms with van der Waals surface area (Å²) in [6.07, 6.45) is 3.51. The molecule has 0 saturated carbocycles. The van der Waals surface area contributed by atoms with Gasteiger partial charge in [0.1, 0.15) is 6.10 Å². The molecule has 0 aliphatic carbocycles. The lowest BCUT2D eigenvalue weighted by Gasteiger charge is -2.29. The fourth-order valence-electron chi connectivity index (χ4n) is 2.63. The fraction of sp³-hybridized carbons (Fsp3) is 0.400. The zero-order valence-corrected chi connectivity index (χ0v) is 11.8. The number of benzene rings is 1. The zero-order chi connectivity index (χ0) is 13.3. The van der Waals surface area contributed by atoms with E-state index in [9.17, 15) is 5.11 Å². The molecule has 100 valence electrons. The Labute approximate surface area is 117 Å². The van der Waals surface area contributed by atoms with E-state index in [1.807, 2.05) is 52.8 Å². The van der Waals surface area contributed by atoms with Gasteiger partial charge >= 0.3 is 0 Å². The Morgan fingerprint density at radius 2 is 2.11 bits per heavy atom. The number of aliphatic hydroxyl groups is 1. The summed E-state index contributed by atoms with van der Waals surface area (Å²) in [7, 11) is 0. The fourth-order valence-corrected chi connectivity index (χ4v) is 3.96. The molecule has 1 fully saturated rings. The van der Waals surface area contributed by atoms with E-state index < -0.39 is 6.10 Å². The summed E-state index contributed by atoms with van der Waals surface area (Å²) < 4.78 is 1.75. The molecule has 0 bridgehead atoms. The first kappa shape index (κ1) is 12.8. The number of hydrogen-bond acceptors (Lipinski definition) is 3. The van der Waals surface area contributed by atoms with Crippen LogP contribution >= 0.6 is 11.8 Å². The molecule has 19 heavy (non-hydrogen) atoms. The second-order valence-electron chi connectivity index (χ2n) is 5.17. The Hall–Kier alpha value is -1.26. The number of thioether (sulfide) groups is 1. The molecule has 1 aromatic heterocycles. The minimum absolute atomic E-state index is 0.0907. The van der Waals surface area contributed by atoms with Gasteiger partial charge in [0.25, 0.3) is 0 Å². The van der Waals surface area contributed by atoms with Gasteiger partial charge in [0.05, 0.1) is 11.4 Å². The van der Waals surface area contributed by atoms with Gasteiger partial charge < -0.3 is 5.11 Å². The third-order valence-electron chi connectivity index (χ3n) is 3.78. The highest BCUT2D eigenvalue weighted by atomic mass is 32.2. The molecular weight excluding hydrogens is 256 g/mol. The van der Waals surface area contributed by atoms with Crippen molar-refractivity contribution >= 4 is 11.8 Å². The molecule has 2 atom stereocenters. The van der Waals surface area contributed by atoms with Gasteiger partial charge in [0.15, 0.2) is 0 Å². The standard InChI is InChI=1S/C15H18N2OS/c1-15(9-5-11-19-15)14(18)13-8-10-16-17(13)12-6-3-2-4-7-12/h2-4,6-8,10,14,18H,5,9,11H2,1H3. The van der Waals surface area contributed by atoms with Crippen molar-refractivity contribution in [2.24, 2.45) is 0 Å². The quantitative estimate of drug-likeness (QED) is 0.934. The molecule has 0 radical (unpaired) electrons. The van der Waals surface area contributed by atoms with E-state index in [-0.39, 0.29) is 4.75 Å². The maximum Gasteiger partial charge on any atom is 0.110 e.